The molecule has 0 saturated carbocycles. The standard InChI is InChI=1S/C23H17N5O3/c1-27-13-24-19-9-7-15(11-20(19)27)25-22(14-5-3-2-4-6-14)21-17-12-16(28(30)31)8-10-18(17)26-23(21)29/h2-13,25H,1H3,(H,26,29)/b22-21-. The molecule has 1 aliphatic rings. The molecule has 0 saturated heterocycles. The van der Waals surface area contributed by atoms with E-state index in [-0.39, 0.29) is 11.6 Å². The Hall–Kier alpha value is -4.46. The molecular formula is C23H17N5O3. The number of anilines is 2. The van der Waals surface area contributed by atoms with Crippen molar-refractivity contribution < 1.29 is 9.72 Å². The van der Waals surface area contributed by atoms with Gasteiger partial charge in [0.15, 0.2) is 0 Å². The monoisotopic (exact) mass is 411 g/mol. The van der Waals surface area contributed by atoms with Gasteiger partial charge in [0.1, 0.15) is 0 Å². The molecule has 2 N–H and O–H groups in total. The summed E-state index contributed by atoms with van der Waals surface area (Å²) < 4.78 is 1.91. The molecule has 8 nitrogen and oxygen atoms in total. The van der Waals surface area contributed by atoms with Crippen LogP contribution in [0.3, 0.4) is 0 Å². The molecule has 1 aliphatic heterocycles. The normalized spacial score (nSPS) is 14.3. The number of non-ortho nitro benzene ring substituents is 1. The molecule has 0 spiro atoms. The average Bonchev–Trinajstić information content (AvgIpc) is 3.31. The van der Waals surface area contributed by atoms with E-state index in [0.717, 1.165) is 22.3 Å². The molecule has 8 heteroatoms. The van der Waals surface area contributed by atoms with Crippen LogP contribution in [0, 0.1) is 10.1 Å². The number of amides is 1. The van der Waals surface area contributed by atoms with Gasteiger partial charge in [-0.25, -0.2) is 4.98 Å². The van der Waals surface area contributed by atoms with E-state index in [1.54, 1.807) is 12.4 Å². The summed E-state index contributed by atoms with van der Waals surface area (Å²) in [7, 11) is 1.91. The molecule has 0 atom stereocenters. The van der Waals surface area contributed by atoms with Gasteiger partial charge in [0, 0.05) is 36.1 Å². The number of hydrogen-bond donors (Lipinski definition) is 2. The third-order valence-corrected chi connectivity index (χ3v) is 5.27. The lowest BCUT2D eigenvalue weighted by molar-refractivity contribution is -0.384. The van der Waals surface area contributed by atoms with E-state index in [1.165, 1.54) is 12.1 Å². The third kappa shape index (κ3) is 3.20. The van der Waals surface area contributed by atoms with Crippen molar-refractivity contribution in [2.75, 3.05) is 10.6 Å². The Morgan fingerprint density at radius 2 is 1.90 bits per heavy atom. The van der Waals surface area contributed by atoms with Crippen molar-refractivity contribution in [3.05, 3.63) is 94.3 Å². The van der Waals surface area contributed by atoms with Gasteiger partial charge >= 0.3 is 0 Å². The number of nitrogens with zero attached hydrogens (tertiary/aromatic N) is 3. The van der Waals surface area contributed by atoms with Crippen molar-refractivity contribution in [2.24, 2.45) is 7.05 Å². The summed E-state index contributed by atoms with van der Waals surface area (Å²) in [4.78, 5) is 28.1. The Bertz CT molecular complexity index is 1390. The second-order valence-electron chi connectivity index (χ2n) is 7.24. The van der Waals surface area contributed by atoms with Crippen molar-refractivity contribution in [1.29, 1.82) is 0 Å². The Labute approximate surface area is 177 Å². The first-order chi connectivity index (χ1) is 15.0. The first-order valence-corrected chi connectivity index (χ1v) is 9.59. The van der Waals surface area contributed by atoms with Crippen LogP contribution in [0.15, 0.2) is 73.1 Å². The van der Waals surface area contributed by atoms with E-state index in [2.05, 4.69) is 15.6 Å². The van der Waals surface area contributed by atoms with Crippen LogP contribution in [0.25, 0.3) is 22.3 Å². The van der Waals surface area contributed by atoms with Gasteiger partial charge in [-0.3, -0.25) is 14.9 Å². The van der Waals surface area contributed by atoms with Crippen molar-refractivity contribution in [3.63, 3.8) is 0 Å². The molecule has 152 valence electrons. The smallest absolute Gasteiger partial charge is 0.270 e. The van der Waals surface area contributed by atoms with Gasteiger partial charge in [0.05, 0.1) is 33.6 Å². The van der Waals surface area contributed by atoms with Crippen molar-refractivity contribution in [3.8, 4) is 0 Å². The van der Waals surface area contributed by atoms with Crippen LogP contribution in [0.1, 0.15) is 11.1 Å². The largest absolute Gasteiger partial charge is 0.354 e. The summed E-state index contributed by atoms with van der Waals surface area (Å²) in [5.74, 6) is -0.316. The zero-order valence-electron chi connectivity index (χ0n) is 16.5. The molecule has 1 aromatic heterocycles. The minimum absolute atomic E-state index is 0.0727. The van der Waals surface area contributed by atoms with Gasteiger partial charge in [-0.05, 0) is 29.8 Å². The number of hydrogen-bond acceptors (Lipinski definition) is 5. The molecule has 0 fully saturated rings. The highest BCUT2D eigenvalue weighted by Gasteiger charge is 2.30. The molecule has 0 radical (unpaired) electrons. The molecule has 2 heterocycles. The Kier molecular flexibility index (Phi) is 4.25. The minimum atomic E-state index is -0.466. The molecule has 5 rings (SSSR count). The SMILES string of the molecule is Cn1cnc2ccc(N/C(=C3\C(=O)Nc4ccc([N+](=O)[O-])cc43)c3ccccc3)cc21. The number of carbonyl (C=O) groups is 1. The van der Waals surface area contributed by atoms with Gasteiger partial charge in [-0.15, -0.1) is 0 Å². The number of carbonyl (C=O) groups excluding carboxylic acids is 1. The lowest BCUT2D eigenvalue weighted by Crippen LogP contribution is -2.10. The van der Waals surface area contributed by atoms with Crippen molar-refractivity contribution in [1.82, 2.24) is 9.55 Å². The second-order valence-corrected chi connectivity index (χ2v) is 7.24. The van der Waals surface area contributed by atoms with Gasteiger partial charge in [0.25, 0.3) is 11.6 Å². The Morgan fingerprint density at radius 1 is 1.10 bits per heavy atom. The van der Waals surface area contributed by atoms with Gasteiger partial charge < -0.3 is 15.2 Å². The number of aromatic nitrogens is 2. The second kappa shape index (κ2) is 7.10. The maximum absolute atomic E-state index is 12.9. The summed E-state index contributed by atoms with van der Waals surface area (Å²) in [6, 6.07) is 19.5. The molecule has 3 aromatic carbocycles. The predicted octanol–water partition coefficient (Wildman–Crippen LogP) is 4.41. The van der Waals surface area contributed by atoms with E-state index >= 15 is 0 Å². The molecule has 31 heavy (non-hydrogen) atoms. The van der Waals surface area contributed by atoms with Gasteiger partial charge in [0.2, 0.25) is 0 Å². The van der Waals surface area contributed by atoms with Crippen LogP contribution in [0.2, 0.25) is 0 Å². The molecule has 0 aliphatic carbocycles. The van der Waals surface area contributed by atoms with Crippen LogP contribution in [0.4, 0.5) is 17.1 Å². The Morgan fingerprint density at radius 3 is 2.68 bits per heavy atom. The van der Waals surface area contributed by atoms with E-state index in [9.17, 15) is 14.9 Å². The number of benzene rings is 3. The summed E-state index contributed by atoms with van der Waals surface area (Å²) in [5, 5.41) is 17.5. The van der Waals surface area contributed by atoms with Gasteiger partial charge in [-0.2, -0.15) is 0 Å². The maximum atomic E-state index is 12.9. The van der Waals surface area contributed by atoms with E-state index in [4.69, 9.17) is 0 Å². The summed E-state index contributed by atoms with van der Waals surface area (Å²) in [5.41, 5.74) is 5.25. The van der Waals surface area contributed by atoms with Crippen LogP contribution in [-0.2, 0) is 11.8 Å². The van der Waals surface area contributed by atoms with Crippen LogP contribution >= 0.6 is 0 Å². The number of nitrogens with one attached hydrogen (secondary N) is 2. The highest BCUT2D eigenvalue weighted by Crippen LogP contribution is 2.39. The fraction of sp³-hybridized carbons (Fsp3) is 0.0435. The molecule has 1 amide bonds. The van der Waals surface area contributed by atoms with E-state index in [0.29, 0.717) is 22.5 Å². The molecule has 0 bridgehead atoms. The number of fused-ring (bicyclic) bond motifs is 2. The van der Waals surface area contributed by atoms with Crippen LogP contribution in [0.5, 0.6) is 0 Å². The summed E-state index contributed by atoms with van der Waals surface area (Å²) in [6.45, 7) is 0. The van der Waals surface area contributed by atoms with E-state index < -0.39 is 4.92 Å². The minimum Gasteiger partial charge on any atom is -0.354 e. The molecule has 0 unspecified atom stereocenters. The molecular weight excluding hydrogens is 394 g/mol. The third-order valence-electron chi connectivity index (χ3n) is 5.27. The average molecular weight is 411 g/mol. The summed E-state index contributed by atoms with van der Waals surface area (Å²) >= 11 is 0. The number of rotatable bonds is 4. The summed E-state index contributed by atoms with van der Waals surface area (Å²) in [6.07, 6.45) is 1.74. The zero-order valence-corrected chi connectivity index (χ0v) is 16.5. The lowest BCUT2D eigenvalue weighted by Gasteiger charge is -2.15. The van der Waals surface area contributed by atoms with Crippen molar-refractivity contribution in [2.45, 2.75) is 0 Å². The number of aryl methyl sites for hydroxylation is 1. The first-order valence-electron chi connectivity index (χ1n) is 9.59. The predicted molar refractivity (Wildman–Crippen MR) is 119 cm³/mol. The quantitative estimate of drug-likeness (QED) is 0.294. The van der Waals surface area contributed by atoms with Crippen LogP contribution in [-0.4, -0.2) is 20.4 Å². The number of imidazole rings is 1. The Balaban J connectivity index is 1.71. The zero-order chi connectivity index (χ0) is 21.5. The lowest BCUT2D eigenvalue weighted by atomic mass is 9.99. The van der Waals surface area contributed by atoms with Crippen LogP contribution < -0.4 is 10.6 Å². The fourth-order valence-electron chi connectivity index (χ4n) is 3.75. The highest BCUT2D eigenvalue weighted by atomic mass is 16.6. The highest BCUT2D eigenvalue weighted by molar-refractivity contribution is 6.37. The van der Waals surface area contributed by atoms with Gasteiger partial charge in [-0.1, -0.05) is 30.3 Å². The first kappa shape index (κ1) is 18.6. The topological polar surface area (TPSA) is 102 Å². The maximum Gasteiger partial charge on any atom is 0.270 e. The fourth-order valence-corrected chi connectivity index (χ4v) is 3.75. The van der Waals surface area contributed by atoms with Crippen molar-refractivity contribution >= 4 is 45.3 Å². The number of nitro groups is 1. The number of nitro benzene ring substituents is 1. The molecule has 4 aromatic rings. The van der Waals surface area contributed by atoms with E-state index in [1.807, 2.05) is 60.1 Å².